The Hall–Kier alpha value is -2.30. The maximum atomic E-state index is 12.2. The summed E-state index contributed by atoms with van der Waals surface area (Å²) in [5, 5.41) is 0.669. The van der Waals surface area contributed by atoms with Crippen molar-refractivity contribution in [2.75, 3.05) is 13.2 Å². The molecule has 112 valence electrons. The second kappa shape index (κ2) is 6.92. The lowest BCUT2D eigenvalue weighted by Gasteiger charge is -2.05. The first-order valence-electron chi connectivity index (χ1n) is 7.14. The highest BCUT2D eigenvalue weighted by Gasteiger charge is 2.25. The minimum Gasteiger partial charge on any atom is -0.462 e. The van der Waals surface area contributed by atoms with Gasteiger partial charge in [0.05, 0.1) is 18.8 Å². The number of ether oxygens (including phenoxy) is 2. The number of nitrogens with one attached hydrogen (secondary N) is 1. The smallest absolute Gasteiger partial charge is 0.355 e. The van der Waals surface area contributed by atoms with Crippen LogP contribution < -0.4 is 0 Å². The molecule has 0 aliphatic heterocycles. The Bertz CT molecular complexity index is 645. The number of carbonyl (C=O) groups excluding carboxylic acids is 2. The van der Waals surface area contributed by atoms with Crippen LogP contribution in [0.3, 0.4) is 0 Å². The molecule has 0 saturated carbocycles. The zero-order chi connectivity index (χ0) is 15.2. The van der Waals surface area contributed by atoms with Crippen LogP contribution in [0.25, 0.3) is 10.9 Å². The number of esters is 2. The Morgan fingerprint density at radius 3 is 2.29 bits per heavy atom. The van der Waals surface area contributed by atoms with Crippen molar-refractivity contribution >= 4 is 22.8 Å². The molecule has 2 aromatic rings. The van der Waals surface area contributed by atoms with E-state index in [1.807, 2.05) is 32.0 Å². The number of aromatic nitrogens is 1. The van der Waals surface area contributed by atoms with E-state index >= 15 is 0 Å². The Morgan fingerprint density at radius 1 is 1.00 bits per heavy atom. The zero-order valence-corrected chi connectivity index (χ0v) is 12.3. The summed E-state index contributed by atoms with van der Waals surface area (Å²) in [4.78, 5) is 27.3. The number of fused-ring (bicyclic) bond motifs is 1. The molecule has 0 radical (unpaired) electrons. The molecule has 0 amide bonds. The van der Waals surface area contributed by atoms with Gasteiger partial charge in [0.25, 0.3) is 0 Å². The van der Waals surface area contributed by atoms with Crippen molar-refractivity contribution in [3.63, 3.8) is 0 Å². The molecular formula is C16H19NO4. The first-order chi connectivity index (χ1) is 10.2. The van der Waals surface area contributed by atoms with Gasteiger partial charge in [0.2, 0.25) is 0 Å². The van der Waals surface area contributed by atoms with Crippen molar-refractivity contribution in [2.24, 2.45) is 0 Å². The maximum absolute atomic E-state index is 12.2. The van der Waals surface area contributed by atoms with E-state index in [0.29, 0.717) is 24.1 Å². The zero-order valence-electron chi connectivity index (χ0n) is 12.3. The number of benzene rings is 1. The average molecular weight is 289 g/mol. The van der Waals surface area contributed by atoms with Crippen LogP contribution >= 0.6 is 0 Å². The summed E-state index contributed by atoms with van der Waals surface area (Å²) >= 11 is 0. The van der Waals surface area contributed by atoms with E-state index in [4.69, 9.17) is 9.47 Å². The third kappa shape index (κ3) is 3.24. The number of carbonyl (C=O) groups is 2. The summed E-state index contributed by atoms with van der Waals surface area (Å²) in [6.07, 6.45) is 1.45. The van der Waals surface area contributed by atoms with Crippen molar-refractivity contribution < 1.29 is 19.1 Å². The lowest BCUT2D eigenvalue weighted by Crippen LogP contribution is -2.14. The van der Waals surface area contributed by atoms with Crippen LogP contribution in [-0.4, -0.2) is 30.1 Å². The van der Waals surface area contributed by atoms with Crippen molar-refractivity contribution in [2.45, 2.75) is 26.7 Å². The molecule has 2 rings (SSSR count). The van der Waals surface area contributed by atoms with Gasteiger partial charge in [-0.05, 0) is 18.9 Å². The molecule has 0 spiro atoms. The van der Waals surface area contributed by atoms with E-state index in [1.165, 1.54) is 0 Å². The SMILES string of the molecule is CCCOC(=O)c1[nH]c2ccccc2c1C(=O)OCCC. The molecule has 21 heavy (non-hydrogen) atoms. The van der Waals surface area contributed by atoms with Crippen LogP contribution in [0.1, 0.15) is 47.5 Å². The standard InChI is InChI=1S/C16H19NO4/c1-3-9-20-15(18)13-11-7-5-6-8-12(11)17-14(13)16(19)21-10-4-2/h5-8,17H,3-4,9-10H2,1-2H3. The summed E-state index contributed by atoms with van der Waals surface area (Å²) < 4.78 is 10.3. The highest BCUT2D eigenvalue weighted by atomic mass is 16.5. The van der Waals surface area contributed by atoms with Crippen LogP contribution in [0, 0.1) is 0 Å². The Labute approximate surface area is 123 Å². The van der Waals surface area contributed by atoms with Gasteiger partial charge in [-0.2, -0.15) is 0 Å². The molecule has 0 aliphatic rings. The average Bonchev–Trinajstić information content (AvgIpc) is 2.89. The summed E-state index contributed by atoms with van der Waals surface area (Å²) in [5.41, 5.74) is 1.12. The van der Waals surface area contributed by atoms with Gasteiger partial charge in [0, 0.05) is 10.9 Å². The quantitative estimate of drug-likeness (QED) is 0.828. The van der Waals surface area contributed by atoms with Crippen LogP contribution in [0.4, 0.5) is 0 Å². The highest BCUT2D eigenvalue weighted by molar-refractivity contribution is 6.12. The van der Waals surface area contributed by atoms with Gasteiger partial charge >= 0.3 is 11.9 Å². The van der Waals surface area contributed by atoms with E-state index < -0.39 is 11.9 Å². The van der Waals surface area contributed by atoms with E-state index in [2.05, 4.69) is 4.98 Å². The Morgan fingerprint density at radius 2 is 1.62 bits per heavy atom. The third-order valence-electron chi connectivity index (χ3n) is 2.99. The number of rotatable bonds is 6. The molecule has 0 fully saturated rings. The molecule has 0 bridgehead atoms. The van der Waals surface area contributed by atoms with E-state index in [0.717, 1.165) is 12.8 Å². The van der Waals surface area contributed by atoms with Gasteiger partial charge in [0.15, 0.2) is 0 Å². The van der Waals surface area contributed by atoms with Crippen LogP contribution in [0.5, 0.6) is 0 Å². The van der Waals surface area contributed by atoms with Crippen LogP contribution in [0.15, 0.2) is 24.3 Å². The lowest BCUT2D eigenvalue weighted by atomic mass is 10.1. The lowest BCUT2D eigenvalue weighted by molar-refractivity contribution is 0.0456. The molecule has 1 aromatic carbocycles. The largest absolute Gasteiger partial charge is 0.462 e. The number of hydrogen-bond donors (Lipinski definition) is 1. The third-order valence-corrected chi connectivity index (χ3v) is 2.99. The second-order valence-corrected chi connectivity index (χ2v) is 4.69. The summed E-state index contributed by atoms with van der Waals surface area (Å²) in [6.45, 7) is 4.47. The molecule has 0 aliphatic carbocycles. The van der Waals surface area contributed by atoms with Crippen molar-refractivity contribution in [1.29, 1.82) is 0 Å². The van der Waals surface area contributed by atoms with Crippen LogP contribution in [0.2, 0.25) is 0 Å². The van der Waals surface area contributed by atoms with Gasteiger partial charge in [-0.3, -0.25) is 0 Å². The molecule has 0 saturated heterocycles. The predicted octanol–water partition coefficient (Wildman–Crippen LogP) is 3.30. The van der Waals surface area contributed by atoms with Gasteiger partial charge in [-0.25, -0.2) is 9.59 Å². The number of aromatic amines is 1. The number of H-pyrrole nitrogens is 1. The number of para-hydroxylation sites is 1. The first kappa shape index (κ1) is 15.1. The molecule has 1 N–H and O–H groups in total. The second-order valence-electron chi connectivity index (χ2n) is 4.69. The van der Waals surface area contributed by atoms with Crippen molar-refractivity contribution in [3.05, 3.63) is 35.5 Å². The number of hydrogen-bond acceptors (Lipinski definition) is 4. The summed E-state index contributed by atoms with van der Waals surface area (Å²) in [7, 11) is 0. The molecule has 0 atom stereocenters. The van der Waals surface area contributed by atoms with E-state index in [1.54, 1.807) is 6.07 Å². The summed E-state index contributed by atoms with van der Waals surface area (Å²) in [6, 6.07) is 7.24. The van der Waals surface area contributed by atoms with Crippen molar-refractivity contribution in [1.82, 2.24) is 4.98 Å². The monoisotopic (exact) mass is 289 g/mol. The van der Waals surface area contributed by atoms with E-state index in [-0.39, 0.29) is 11.3 Å². The molecule has 5 heteroatoms. The molecule has 1 aromatic heterocycles. The molecule has 0 unspecified atom stereocenters. The molecular weight excluding hydrogens is 270 g/mol. The minimum absolute atomic E-state index is 0.158. The molecule has 1 heterocycles. The van der Waals surface area contributed by atoms with Crippen LogP contribution in [-0.2, 0) is 9.47 Å². The highest BCUT2D eigenvalue weighted by Crippen LogP contribution is 2.24. The predicted molar refractivity (Wildman–Crippen MR) is 79.4 cm³/mol. The fraction of sp³-hybridized carbons (Fsp3) is 0.375. The fourth-order valence-corrected chi connectivity index (χ4v) is 2.04. The van der Waals surface area contributed by atoms with E-state index in [9.17, 15) is 9.59 Å². The van der Waals surface area contributed by atoms with Gasteiger partial charge in [0.1, 0.15) is 5.69 Å². The van der Waals surface area contributed by atoms with Crippen molar-refractivity contribution in [3.8, 4) is 0 Å². The topological polar surface area (TPSA) is 68.4 Å². The Kier molecular flexibility index (Phi) is 4.98. The van der Waals surface area contributed by atoms with Gasteiger partial charge in [-0.1, -0.05) is 32.0 Å². The fourth-order valence-electron chi connectivity index (χ4n) is 2.04. The van der Waals surface area contributed by atoms with Gasteiger partial charge < -0.3 is 14.5 Å². The minimum atomic E-state index is -0.531. The van der Waals surface area contributed by atoms with Gasteiger partial charge in [-0.15, -0.1) is 0 Å². The maximum Gasteiger partial charge on any atom is 0.355 e. The first-order valence-corrected chi connectivity index (χ1v) is 7.14. The summed E-state index contributed by atoms with van der Waals surface area (Å²) in [5.74, 6) is -1.03. The molecule has 5 nitrogen and oxygen atoms in total. The normalized spacial score (nSPS) is 10.6. The Balaban J connectivity index is 2.43.